The summed E-state index contributed by atoms with van der Waals surface area (Å²) in [5.41, 5.74) is 1.44. The molecule has 6 heteroatoms. The van der Waals surface area contributed by atoms with E-state index in [1.165, 1.54) is 32.1 Å². The molecule has 2 aromatic rings. The number of hydrogen-bond acceptors (Lipinski definition) is 4. The van der Waals surface area contributed by atoms with E-state index in [2.05, 4.69) is 9.88 Å². The van der Waals surface area contributed by atoms with Gasteiger partial charge in [0.25, 0.3) is 0 Å². The van der Waals surface area contributed by atoms with Crippen molar-refractivity contribution in [2.45, 2.75) is 70.4 Å². The van der Waals surface area contributed by atoms with Gasteiger partial charge in [0, 0.05) is 31.1 Å². The van der Waals surface area contributed by atoms with Crippen molar-refractivity contribution >= 4 is 16.9 Å². The molecular weight excluding hydrogens is 431 g/mol. The first-order valence-electron chi connectivity index (χ1n) is 13.0. The van der Waals surface area contributed by atoms with Crippen LogP contribution in [0.2, 0.25) is 0 Å². The highest BCUT2D eigenvalue weighted by atomic mass is 19.1. The molecule has 1 saturated heterocycles. The maximum absolute atomic E-state index is 15.5. The Morgan fingerprint density at radius 2 is 2.00 bits per heavy atom. The molecule has 5 nitrogen and oxygen atoms in total. The zero-order valence-electron chi connectivity index (χ0n) is 20.4. The maximum Gasteiger partial charge on any atom is 0.303 e. The normalized spacial score (nSPS) is 23.1. The molecule has 2 aliphatic rings. The predicted molar refractivity (Wildman–Crippen MR) is 133 cm³/mol. The van der Waals surface area contributed by atoms with Gasteiger partial charge in [-0.15, -0.1) is 0 Å². The van der Waals surface area contributed by atoms with E-state index >= 15 is 4.39 Å². The number of halogens is 1. The van der Waals surface area contributed by atoms with Gasteiger partial charge in [-0.2, -0.15) is 0 Å². The number of carbonyl (C=O) groups is 1. The van der Waals surface area contributed by atoms with Crippen LogP contribution in [0.5, 0.6) is 5.75 Å². The number of rotatable bonds is 10. The maximum atomic E-state index is 15.5. The van der Waals surface area contributed by atoms with Crippen LogP contribution in [0.3, 0.4) is 0 Å². The summed E-state index contributed by atoms with van der Waals surface area (Å²) in [6.45, 7) is 3.16. The third kappa shape index (κ3) is 6.47. The number of methoxy groups -OCH3 is 1. The molecule has 0 spiro atoms. The second-order valence-electron chi connectivity index (χ2n) is 10.3. The van der Waals surface area contributed by atoms with Gasteiger partial charge in [-0.1, -0.05) is 19.3 Å². The van der Waals surface area contributed by atoms with Crippen LogP contribution in [0.15, 0.2) is 30.5 Å². The van der Waals surface area contributed by atoms with Gasteiger partial charge in [-0.05, 0) is 92.7 Å². The molecule has 2 fully saturated rings. The second kappa shape index (κ2) is 12.0. The fraction of sp³-hybridized carbons (Fsp3) is 0.643. The number of piperidine rings is 1. The van der Waals surface area contributed by atoms with E-state index in [9.17, 15) is 9.90 Å². The van der Waals surface area contributed by atoms with Crippen LogP contribution in [0.1, 0.15) is 75.9 Å². The first-order valence-corrected chi connectivity index (χ1v) is 13.0. The van der Waals surface area contributed by atoms with E-state index in [4.69, 9.17) is 4.74 Å². The molecule has 0 radical (unpaired) electrons. The van der Waals surface area contributed by atoms with Crippen molar-refractivity contribution in [3.05, 3.63) is 36.0 Å². The number of nitrogens with zero attached hydrogens (tertiary/aromatic N) is 2. The predicted octanol–water partition coefficient (Wildman–Crippen LogP) is 6.42. The molecule has 1 aromatic heterocycles. The average molecular weight is 471 g/mol. The SMILES string of the molecule is COc1ccc2nccc(C(F)CC[C@@H]3CCN(CC4CCCCC4)C[C@@H]3CCC(=O)O)c2c1. The number of benzene rings is 1. The van der Waals surface area contributed by atoms with E-state index in [0.29, 0.717) is 36.0 Å². The van der Waals surface area contributed by atoms with Crippen molar-refractivity contribution in [2.24, 2.45) is 17.8 Å². The molecule has 1 N–H and O–H groups in total. The largest absolute Gasteiger partial charge is 0.497 e. The molecule has 1 aromatic carbocycles. The molecule has 186 valence electrons. The van der Waals surface area contributed by atoms with Gasteiger partial charge in [-0.25, -0.2) is 4.39 Å². The average Bonchev–Trinajstić information content (AvgIpc) is 2.86. The fourth-order valence-electron chi connectivity index (χ4n) is 6.14. The summed E-state index contributed by atoms with van der Waals surface area (Å²) in [6.07, 6.45) is 10.5. The Balaban J connectivity index is 1.39. The lowest BCUT2D eigenvalue weighted by atomic mass is 9.78. The van der Waals surface area contributed by atoms with Crippen LogP contribution < -0.4 is 4.74 Å². The number of carboxylic acids is 1. The number of aliphatic carboxylic acids is 1. The summed E-state index contributed by atoms with van der Waals surface area (Å²) in [5, 5.41) is 10.1. The van der Waals surface area contributed by atoms with Crippen molar-refractivity contribution in [1.29, 1.82) is 0 Å². The van der Waals surface area contributed by atoms with Crippen molar-refractivity contribution in [2.75, 3.05) is 26.7 Å². The zero-order chi connectivity index (χ0) is 23.9. The van der Waals surface area contributed by atoms with Gasteiger partial charge in [0.1, 0.15) is 11.9 Å². The Kier molecular flexibility index (Phi) is 8.76. The fourth-order valence-corrected chi connectivity index (χ4v) is 6.14. The lowest BCUT2D eigenvalue weighted by Gasteiger charge is -2.41. The third-order valence-electron chi connectivity index (χ3n) is 8.06. The van der Waals surface area contributed by atoms with Gasteiger partial charge in [0.05, 0.1) is 12.6 Å². The van der Waals surface area contributed by atoms with E-state index in [0.717, 1.165) is 49.3 Å². The lowest BCUT2D eigenvalue weighted by molar-refractivity contribution is -0.137. The molecule has 3 atom stereocenters. The Bertz CT molecular complexity index is 946. The molecule has 34 heavy (non-hydrogen) atoms. The molecule has 1 saturated carbocycles. The van der Waals surface area contributed by atoms with E-state index in [-0.39, 0.29) is 6.42 Å². The minimum absolute atomic E-state index is 0.201. The number of ether oxygens (including phenoxy) is 1. The Morgan fingerprint density at radius 3 is 2.76 bits per heavy atom. The third-order valence-corrected chi connectivity index (χ3v) is 8.06. The Morgan fingerprint density at radius 1 is 1.18 bits per heavy atom. The summed E-state index contributed by atoms with van der Waals surface area (Å²) < 4.78 is 20.8. The molecule has 1 unspecified atom stereocenters. The van der Waals surface area contributed by atoms with E-state index in [1.807, 2.05) is 18.2 Å². The van der Waals surface area contributed by atoms with Gasteiger partial charge >= 0.3 is 5.97 Å². The van der Waals surface area contributed by atoms with Crippen molar-refractivity contribution in [3.63, 3.8) is 0 Å². The smallest absolute Gasteiger partial charge is 0.303 e. The van der Waals surface area contributed by atoms with E-state index in [1.54, 1.807) is 19.4 Å². The van der Waals surface area contributed by atoms with Crippen molar-refractivity contribution in [1.82, 2.24) is 9.88 Å². The van der Waals surface area contributed by atoms with Crippen LogP contribution in [0.4, 0.5) is 4.39 Å². The summed E-state index contributed by atoms with van der Waals surface area (Å²) in [7, 11) is 1.61. The number of aromatic nitrogens is 1. The molecule has 0 amide bonds. The van der Waals surface area contributed by atoms with Crippen LogP contribution in [0.25, 0.3) is 10.9 Å². The van der Waals surface area contributed by atoms with Gasteiger partial charge in [-0.3, -0.25) is 9.78 Å². The van der Waals surface area contributed by atoms with Gasteiger partial charge in [0.2, 0.25) is 0 Å². The summed E-state index contributed by atoms with van der Waals surface area (Å²) in [5.74, 6) is 1.46. The van der Waals surface area contributed by atoms with Crippen molar-refractivity contribution in [3.8, 4) is 5.75 Å². The van der Waals surface area contributed by atoms with Gasteiger partial charge < -0.3 is 14.7 Å². The molecule has 0 bridgehead atoms. The second-order valence-corrected chi connectivity index (χ2v) is 10.3. The summed E-state index contributed by atoms with van der Waals surface area (Å²) >= 11 is 0. The highest BCUT2D eigenvalue weighted by molar-refractivity contribution is 5.83. The monoisotopic (exact) mass is 470 g/mol. The topological polar surface area (TPSA) is 62.7 Å². The molecule has 1 aliphatic carbocycles. The standard InChI is InChI=1S/C28H39FN2O3/c1-34-23-9-11-27-25(17-23)24(13-15-30-27)26(29)10-7-21-14-16-31(18-20-5-3-2-4-6-20)19-22(21)8-12-28(32)33/h9,11,13,15,17,20-22,26H,2-8,10,12,14,16,18-19H2,1H3,(H,32,33)/t21-,22+,26?/m1/s1. The van der Waals surface area contributed by atoms with Crippen LogP contribution in [-0.2, 0) is 4.79 Å². The van der Waals surface area contributed by atoms with Crippen molar-refractivity contribution < 1.29 is 19.0 Å². The highest BCUT2D eigenvalue weighted by Crippen LogP contribution is 2.37. The number of carboxylic acid groups (broad SMARTS) is 1. The van der Waals surface area contributed by atoms with Crippen LogP contribution >= 0.6 is 0 Å². The van der Waals surface area contributed by atoms with Crippen LogP contribution in [-0.4, -0.2) is 47.7 Å². The molecular formula is C28H39FN2O3. The summed E-state index contributed by atoms with van der Waals surface area (Å²) in [6, 6.07) is 7.36. The number of likely N-dealkylation sites (tertiary alicyclic amines) is 1. The number of alkyl halides is 1. The molecule has 4 rings (SSSR count). The number of hydrogen-bond donors (Lipinski definition) is 1. The van der Waals surface area contributed by atoms with Crippen LogP contribution in [0, 0.1) is 17.8 Å². The minimum atomic E-state index is -1.07. The number of fused-ring (bicyclic) bond motifs is 1. The first-order chi connectivity index (χ1) is 16.5. The first kappa shape index (κ1) is 24.9. The van der Waals surface area contributed by atoms with Gasteiger partial charge in [0.15, 0.2) is 0 Å². The van der Waals surface area contributed by atoms with E-state index < -0.39 is 12.1 Å². The summed E-state index contributed by atoms with van der Waals surface area (Å²) in [4.78, 5) is 18.2. The molecule has 2 heterocycles. The highest BCUT2D eigenvalue weighted by Gasteiger charge is 2.31. The lowest BCUT2D eigenvalue weighted by Crippen LogP contribution is -2.43. The molecule has 1 aliphatic heterocycles. The Labute approximate surface area is 202 Å². The minimum Gasteiger partial charge on any atom is -0.497 e. The Hall–Kier alpha value is -2.21. The quantitative estimate of drug-likeness (QED) is 0.434. The zero-order valence-corrected chi connectivity index (χ0v) is 20.4. The number of pyridine rings is 1.